The van der Waals surface area contributed by atoms with Gasteiger partial charge < -0.3 is 20.3 Å². The first kappa shape index (κ1) is 29.8. The van der Waals surface area contributed by atoms with E-state index in [9.17, 15) is 14.4 Å². The van der Waals surface area contributed by atoms with Crippen molar-refractivity contribution in [2.45, 2.75) is 98.4 Å². The number of aryl methyl sites for hydroxylation is 2. The van der Waals surface area contributed by atoms with Crippen LogP contribution in [-0.2, 0) is 14.3 Å². The predicted molar refractivity (Wildman–Crippen MR) is 140 cm³/mol. The van der Waals surface area contributed by atoms with Crippen molar-refractivity contribution in [1.82, 2.24) is 15.5 Å². The SMILES string of the molecule is CCCC(C)NC(=O)C(c1cc(C)cc(C)c1)N(CCC)C(=O)C(CS)NC(=O)OC(C)(C)C. The number of benzene rings is 1. The molecule has 0 radical (unpaired) electrons. The highest BCUT2D eigenvalue weighted by molar-refractivity contribution is 7.80. The van der Waals surface area contributed by atoms with Crippen molar-refractivity contribution >= 4 is 30.5 Å². The number of hydrogen-bond donors (Lipinski definition) is 3. The molecule has 1 aromatic carbocycles. The van der Waals surface area contributed by atoms with E-state index in [1.54, 1.807) is 25.7 Å². The number of nitrogens with one attached hydrogen (secondary N) is 2. The van der Waals surface area contributed by atoms with E-state index in [0.717, 1.165) is 29.5 Å². The Labute approximate surface area is 210 Å². The van der Waals surface area contributed by atoms with Crippen molar-refractivity contribution in [3.63, 3.8) is 0 Å². The minimum Gasteiger partial charge on any atom is -0.444 e. The van der Waals surface area contributed by atoms with Crippen LogP contribution in [0.5, 0.6) is 0 Å². The highest BCUT2D eigenvalue weighted by atomic mass is 32.1. The molecule has 3 atom stereocenters. The zero-order chi connectivity index (χ0) is 26.1. The minimum atomic E-state index is -0.931. The van der Waals surface area contributed by atoms with Crippen molar-refractivity contribution in [2.75, 3.05) is 12.3 Å². The van der Waals surface area contributed by atoms with E-state index in [-0.39, 0.29) is 23.6 Å². The summed E-state index contributed by atoms with van der Waals surface area (Å²) in [5, 5.41) is 5.71. The summed E-state index contributed by atoms with van der Waals surface area (Å²) in [6, 6.07) is 4.13. The monoisotopic (exact) mass is 493 g/mol. The first-order valence-electron chi connectivity index (χ1n) is 12.1. The maximum atomic E-state index is 13.7. The Hall–Kier alpha value is -2.22. The molecule has 1 rings (SSSR count). The molecule has 0 fully saturated rings. The van der Waals surface area contributed by atoms with Crippen LogP contribution >= 0.6 is 12.6 Å². The lowest BCUT2D eigenvalue weighted by molar-refractivity contribution is -0.142. The Kier molecular flexibility index (Phi) is 11.9. The molecule has 1 aromatic rings. The number of amides is 3. The van der Waals surface area contributed by atoms with Crippen LogP contribution in [0.25, 0.3) is 0 Å². The van der Waals surface area contributed by atoms with Crippen LogP contribution in [0.15, 0.2) is 18.2 Å². The van der Waals surface area contributed by atoms with Gasteiger partial charge in [0.05, 0.1) is 0 Å². The average Bonchev–Trinajstić information content (AvgIpc) is 2.69. The number of carbonyl (C=O) groups is 3. The molecule has 0 aliphatic rings. The zero-order valence-corrected chi connectivity index (χ0v) is 22.9. The maximum Gasteiger partial charge on any atom is 0.408 e. The molecule has 0 saturated heterocycles. The van der Waals surface area contributed by atoms with Gasteiger partial charge in [0.2, 0.25) is 11.8 Å². The highest BCUT2D eigenvalue weighted by Gasteiger charge is 2.36. The number of alkyl carbamates (subject to hydrolysis) is 1. The molecule has 3 unspecified atom stereocenters. The summed E-state index contributed by atoms with van der Waals surface area (Å²) in [7, 11) is 0. The normalized spacial score (nSPS) is 14.0. The van der Waals surface area contributed by atoms with Crippen molar-refractivity contribution in [1.29, 1.82) is 0 Å². The van der Waals surface area contributed by atoms with Crippen molar-refractivity contribution < 1.29 is 19.1 Å². The third kappa shape index (κ3) is 9.57. The Balaban J connectivity index is 3.39. The van der Waals surface area contributed by atoms with Crippen LogP contribution in [0.3, 0.4) is 0 Å². The summed E-state index contributed by atoms with van der Waals surface area (Å²) in [4.78, 5) is 41.2. The van der Waals surface area contributed by atoms with E-state index in [2.05, 4.69) is 30.2 Å². The molecule has 0 bridgehead atoms. The van der Waals surface area contributed by atoms with E-state index in [1.165, 1.54) is 0 Å². The van der Waals surface area contributed by atoms with Gasteiger partial charge >= 0.3 is 6.09 Å². The summed E-state index contributed by atoms with van der Waals surface area (Å²) in [6.07, 6.45) is 1.73. The Morgan fingerprint density at radius 1 is 1.03 bits per heavy atom. The predicted octanol–water partition coefficient (Wildman–Crippen LogP) is 4.71. The van der Waals surface area contributed by atoms with Crippen molar-refractivity contribution in [3.8, 4) is 0 Å². The largest absolute Gasteiger partial charge is 0.444 e. The van der Waals surface area contributed by atoms with E-state index in [1.807, 2.05) is 45.9 Å². The number of rotatable bonds is 11. The lowest BCUT2D eigenvalue weighted by Gasteiger charge is -2.35. The van der Waals surface area contributed by atoms with Crippen molar-refractivity contribution in [2.24, 2.45) is 0 Å². The number of carbonyl (C=O) groups excluding carboxylic acids is 3. The Bertz CT molecular complexity index is 818. The second-order valence-corrected chi connectivity index (χ2v) is 10.3. The fraction of sp³-hybridized carbons (Fsp3) is 0.654. The van der Waals surface area contributed by atoms with Gasteiger partial charge in [-0.15, -0.1) is 0 Å². The summed E-state index contributed by atoms with van der Waals surface area (Å²) < 4.78 is 5.33. The smallest absolute Gasteiger partial charge is 0.408 e. The van der Waals surface area contributed by atoms with Crippen LogP contribution in [0.1, 0.15) is 83.5 Å². The third-order valence-corrected chi connectivity index (χ3v) is 5.51. The summed E-state index contributed by atoms with van der Waals surface area (Å²) in [5.74, 6) is -0.529. The Morgan fingerprint density at radius 2 is 1.62 bits per heavy atom. The van der Waals surface area contributed by atoms with Gasteiger partial charge in [-0.2, -0.15) is 12.6 Å². The standard InChI is InChI=1S/C26H43N3O4S/c1-9-11-19(5)27-23(30)22(20-14-17(3)13-18(4)15-20)29(12-10-2)24(31)21(16-34)28-25(32)33-26(6,7)8/h13-15,19,21-22,34H,9-12,16H2,1-8H3,(H,27,30)(H,28,32). The summed E-state index contributed by atoms with van der Waals surface area (Å²) in [5.41, 5.74) is 2.07. The summed E-state index contributed by atoms with van der Waals surface area (Å²) >= 11 is 4.31. The molecule has 7 nitrogen and oxygen atoms in total. The van der Waals surface area contributed by atoms with E-state index < -0.39 is 23.8 Å². The molecule has 34 heavy (non-hydrogen) atoms. The van der Waals surface area contributed by atoms with Crippen LogP contribution in [0.2, 0.25) is 0 Å². The number of thiol groups is 1. The van der Waals surface area contributed by atoms with Gasteiger partial charge in [-0.05, 0) is 59.9 Å². The molecule has 0 aliphatic carbocycles. The van der Waals surface area contributed by atoms with Gasteiger partial charge in [0.25, 0.3) is 0 Å². The molecule has 3 amide bonds. The van der Waals surface area contributed by atoms with Gasteiger partial charge in [-0.25, -0.2) is 4.79 Å². The van der Waals surface area contributed by atoms with E-state index in [4.69, 9.17) is 4.74 Å². The van der Waals surface area contributed by atoms with Gasteiger partial charge in [-0.3, -0.25) is 9.59 Å². The van der Waals surface area contributed by atoms with Crippen LogP contribution in [-0.4, -0.2) is 52.8 Å². The van der Waals surface area contributed by atoms with Crippen LogP contribution in [0, 0.1) is 13.8 Å². The number of hydrogen-bond acceptors (Lipinski definition) is 5. The molecule has 8 heteroatoms. The molecule has 2 N–H and O–H groups in total. The fourth-order valence-corrected chi connectivity index (χ4v) is 4.16. The lowest BCUT2D eigenvalue weighted by atomic mass is 9.98. The summed E-state index contributed by atoms with van der Waals surface area (Å²) in [6.45, 7) is 15.5. The first-order valence-corrected chi connectivity index (χ1v) is 12.8. The van der Waals surface area contributed by atoms with Crippen molar-refractivity contribution in [3.05, 3.63) is 34.9 Å². The quantitative estimate of drug-likeness (QED) is 0.390. The molecule has 0 aliphatic heterocycles. The molecule has 192 valence electrons. The second-order valence-electron chi connectivity index (χ2n) is 9.93. The van der Waals surface area contributed by atoms with E-state index in [0.29, 0.717) is 13.0 Å². The van der Waals surface area contributed by atoms with Gasteiger partial charge in [0.1, 0.15) is 17.7 Å². The topological polar surface area (TPSA) is 87.7 Å². The molecule has 0 aromatic heterocycles. The average molecular weight is 494 g/mol. The molecule has 0 spiro atoms. The lowest BCUT2D eigenvalue weighted by Crippen LogP contribution is -2.54. The molecule has 0 heterocycles. The fourth-order valence-electron chi connectivity index (χ4n) is 3.91. The third-order valence-electron chi connectivity index (χ3n) is 5.15. The molecular weight excluding hydrogens is 450 g/mol. The maximum absolute atomic E-state index is 13.7. The Morgan fingerprint density at radius 3 is 2.09 bits per heavy atom. The number of ether oxygens (including phenoxy) is 1. The van der Waals surface area contributed by atoms with E-state index >= 15 is 0 Å². The number of nitrogens with zero attached hydrogens (tertiary/aromatic N) is 1. The molecular formula is C26H43N3O4S. The van der Waals surface area contributed by atoms with Gasteiger partial charge in [-0.1, -0.05) is 49.6 Å². The molecule has 0 saturated carbocycles. The highest BCUT2D eigenvalue weighted by Crippen LogP contribution is 2.26. The van der Waals surface area contributed by atoms with Crippen LogP contribution in [0.4, 0.5) is 4.79 Å². The zero-order valence-electron chi connectivity index (χ0n) is 22.0. The minimum absolute atomic E-state index is 0.0231. The van der Waals surface area contributed by atoms with Gasteiger partial charge in [0.15, 0.2) is 0 Å². The van der Waals surface area contributed by atoms with Crippen LogP contribution < -0.4 is 10.6 Å². The first-order chi connectivity index (χ1) is 15.8. The second kappa shape index (κ2) is 13.6. The van der Waals surface area contributed by atoms with Gasteiger partial charge in [0, 0.05) is 18.3 Å².